The second-order valence-corrected chi connectivity index (χ2v) is 6.13. The van der Waals surface area contributed by atoms with Gasteiger partial charge in [0.1, 0.15) is 0 Å². The minimum Gasteiger partial charge on any atom is -0.339 e. The molecule has 2 rings (SSSR count). The second-order valence-electron chi connectivity index (χ2n) is 6.13. The van der Waals surface area contributed by atoms with E-state index in [4.69, 9.17) is 10.3 Å². The summed E-state index contributed by atoms with van der Waals surface area (Å²) in [5.41, 5.74) is 5.07. The molecular formula is C14H25N5O2. The molecule has 7 heteroatoms. The van der Waals surface area contributed by atoms with E-state index in [2.05, 4.69) is 22.0 Å². The van der Waals surface area contributed by atoms with Gasteiger partial charge in [-0.15, -0.1) is 0 Å². The Bertz CT molecular complexity index is 486. The number of amides is 1. The Balaban J connectivity index is 1.93. The van der Waals surface area contributed by atoms with Crippen LogP contribution in [0.5, 0.6) is 0 Å². The maximum atomic E-state index is 12.1. The highest BCUT2D eigenvalue weighted by atomic mass is 16.5. The third kappa shape index (κ3) is 3.59. The van der Waals surface area contributed by atoms with Crippen LogP contribution in [0.4, 0.5) is 0 Å². The highest BCUT2D eigenvalue weighted by Crippen LogP contribution is 2.21. The minimum absolute atomic E-state index is 0.000799. The predicted molar refractivity (Wildman–Crippen MR) is 78.5 cm³/mol. The standard InChI is InChI=1S/C14H25N5O2/c1-5-11-16-12(21-17-11)10(2)18-6-8-19(9-7-18)13(20)14(3,4)15/h10H,5-9,15H2,1-4H3. The Hall–Kier alpha value is -1.47. The molecule has 1 aromatic heterocycles. The summed E-state index contributed by atoms with van der Waals surface area (Å²) in [5, 5.41) is 3.93. The first kappa shape index (κ1) is 15.9. The molecule has 0 saturated carbocycles. The normalized spacial score (nSPS) is 18.8. The molecule has 0 spiro atoms. The third-order valence-electron chi connectivity index (χ3n) is 3.86. The molecule has 118 valence electrons. The maximum absolute atomic E-state index is 12.1. The van der Waals surface area contributed by atoms with E-state index < -0.39 is 5.54 Å². The van der Waals surface area contributed by atoms with Crippen LogP contribution in [0.15, 0.2) is 4.52 Å². The van der Waals surface area contributed by atoms with Crippen molar-refractivity contribution in [3.8, 4) is 0 Å². The number of aryl methyl sites for hydroxylation is 1. The lowest BCUT2D eigenvalue weighted by Gasteiger charge is -2.39. The number of hydrogen-bond acceptors (Lipinski definition) is 6. The van der Waals surface area contributed by atoms with E-state index in [9.17, 15) is 4.79 Å². The van der Waals surface area contributed by atoms with E-state index in [0.717, 1.165) is 25.3 Å². The van der Waals surface area contributed by atoms with Crippen molar-refractivity contribution in [2.24, 2.45) is 5.73 Å². The molecule has 1 unspecified atom stereocenters. The van der Waals surface area contributed by atoms with Gasteiger partial charge in [0.15, 0.2) is 5.82 Å². The Morgan fingerprint density at radius 3 is 2.48 bits per heavy atom. The number of rotatable bonds is 4. The first-order valence-corrected chi connectivity index (χ1v) is 7.47. The van der Waals surface area contributed by atoms with Gasteiger partial charge in [0, 0.05) is 32.6 Å². The largest absolute Gasteiger partial charge is 0.339 e. The molecule has 0 bridgehead atoms. The highest BCUT2D eigenvalue weighted by Gasteiger charge is 2.32. The average Bonchev–Trinajstić information content (AvgIpc) is 2.94. The quantitative estimate of drug-likeness (QED) is 0.874. The molecule has 7 nitrogen and oxygen atoms in total. The van der Waals surface area contributed by atoms with E-state index in [0.29, 0.717) is 19.0 Å². The van der Waals surface area contributed by atoms with Crippen LogP contribution in [0.1, 0.15) is 45.5 Å². The maximum Gasteiger partial charge on any atom is 0.243 e. The van der Waals surface area contributed by atoms with Gasteiger partial charge in [-0.3, -0.25) is 9.69 Å². The SMILES string of the molecule is CCc1noc(C(C)N2CCN(C(=O)C(C)(C)N)CC2)n1. The topological polar surface area (TPSA) is 88.5 Å². The van der Waals surface area contributed by atoms with E-state index in [1.54, 1.807) is 13.8 Å². The van der Waals surface area contributed by atoms with Gasteiger partial charge < -0.3 is 15.2 Å². The van der Waals surface area contributed by atoms with Crippen LogP contribution in [0.3, 0.4) is 0 Å². The summed E-state index contributed by atoms with van der Waals surface area (Å²) in [5.74, 6) is 1.38. The van der Waals surface area contributed by atoms with E-state index in [1.165, 1.54) is 0 Å². The van der Waals surface area contributed by atoms with Crippen molar-refractivity contribution in [2.45, 2.75) is 45.7 Å². The van der Waals surface area contributed by atoms with Crippen molar-refractivity contribution in [2.75, 3.05) is 26.2 Å². The first-order chi connectivity index (χ1) is 9.82. The van der Waals surface area contributed by atoms with Crippen molar-refractivity contribution in [1.82, 2.24) is 19.9 Å². The van der Waals surface area contributed by atoms with Crippen molar-refractivity contribution in [1.29, 1.82) is 0 Å². The first-order valence-electron chi connectivity index (χ1n) is 7.47. The summed E-state index contributed by atoms with van der Waals surface area (Å²) in [6.45, 7) is 10.5. The molecule has 0 aliphatic carbocycles. The van der Waals surface area contributed by atoms with Crippen molar-refractivity contribution in [3.63, 3.8) is 0 Å². The fraction of sp³-hybridized carbons (Fsp3) is 0.786. The van der Waals surface area contributed by atoms with Gasteiger partial charge in [0.2, 0.25) is 11.8 Å². The fourth-order valence-corrected chi connectivity index (χ4v) is 2.46. The zero-order valence-corrected chi connectivity index (χ0v) is 13.3. The molecule has 1 fully saturated rings. The van der Waals surface area contributed by atoms with Gasteiger partial charge >= 0.3 is 0 Å². The summed E-state index contributed by atoms with van der Waals surface area (Å²) in [6, 6.07) is 0.0703. The minimum atomic E-state index is -0.809. The molecule has 1 atom stereocenters. The van der Waals surface area contributed by atoms with Crippen LogP contribution in [0.2, 0.25) is 0 Å². The van der Waals surface area contributed by atoms with Crippen LogP contribution >= 0.6 is 0 Å². The smallest absolute Gasteiger partial charge is 0.243 e. The molecule has 0 aromatic carbocycles. The van der Waals surface area contributed by atoms with Crippen LogP contribution < -0.4 is 5.73 Å². The summed E-state index contributed by atoms with van der Waals surface area (Å²) in [6.07, 6.45) is 0.768. The van der Waals surface area contributed by atoms with Crippen LogP contribution in [-0.4, -0.2) is 57.6 Å². The van der Waals surface area contributed by atoms with Crippen molar-refractivity contribution in [3.05, 3.63) is 11.7 Å². The Morgan fingerprint density at radius 2 is 2.00 bits per heavy atom. The number of nitrogens with two attached hydrogens (primary N) is 1. The third-order valence-corrected chi connectivity index (χ3v) is 3.86. The second kappa shape index (κ2) is 6.11. The van der Waals surface area contributed by atoms with Gasteiger partial charge in [-0.05, 0) is 20.8 Å². The van der Waals surface area contributed by atoms with E-state index in [-0.39, 0.29) is 11.9 Å². The zero-order valence-electron chi connectivity index (χ0n) is 13.3. The molecule has 1 aromatic rings. The number of carbonyl (C=O) groups excluding carboxylic acids is 1. The number of hydrogen-bond donors (Lipinski definition) is 1. The molecule has 0 radical (unpaired) electrons. The Morgan fingerprint density at radius 1 is 1.38 bits per heavy atom. The van der Waals surface area contributed by atoms with Crippen LogP contribution in [-0.2, 0) is 11.2 Å². The number of nitrogens with zero attached hydrogens (tertiary/aromatic N) is 4. The molecule has 1 amide bonds. The molecule has 1 aliphatic rings. The van der Waals surface area contributed by atoms with E-state index >= 15 is 0 Å². The summed E-state index contributed by atoms with van der Waals surface area (Å²) in [7, 11) is 0. The molecule has 1 saturated heterocycles. The Labute approximate surface area is 125 Å². The number of carbonyl (C=O) groups is 1. The van der Waals surface area contributed by atoms with Gasteiger partial charge in [0.25, 0.3) is 0 Å². The molecule has 2 heterocycles. The average molecular weight is 295 g/mol. The molecule has 21 heavy (non-hydrogen) atoms. The van der Waals surface area contributed by atoms with Gasteiger partial charge in [-0.2, -0.15) is 4.98 Å². The lowest BCUT2D eigenvalue weighted by molar-refractivity contribution is -0.137. The number of aromatic nitrogens is 2. The van der Waals surface area contributed by atoms with Gasteiger partial charge in [-0.25, -0.2) is 0 Å². The predicted octanol–water partition coefficient (Wildman–Crippen LogP) is 0.575. The lowest BCUT2D eigenvalue weighted by Crippen LogP contribution is -2.57. The fourth-order valence-electron chi connectivity index (χ4n) is 2.46. The van der Waals surface area contributed by atoms with Crippen molar-refractivity contribution >= 4 is 5.91 Å². The zero-order chi connectivity index (χ0) is 15.6. The summed E-state index contributed by atoms with van der Waals surface area (Å²) >= 11 is 0. The molecule has 2 N–H and O–H groups in total. The monoisotopic (exact) mass is 295 g/mol. The summed E-state index contributed by atoms with van der Waals surface area (Å²) in [4.78, 5) is 20.6. The summed E-state index contributed by atoms with van der Waals surface area (Å²) < 4.78 is 5.30. The van der Waals surface area contributed by atoms with Gasteiger partial charge in [-0.1, -0.05) is 12.1 Å². The van der Waals surface area contributed by atoms with Gasteiger partial charge in [0.05, 0.1) is 11.6 Å². The Kier molecular flexibility index (Phi) is 4.63. The van der Waals surface area contributed by atoms with Crippen LogP contribution in [0.25, 0.3) is 0 Å². The molecule has 1 aliphatic heterocycles. The molecular weight excluding hydrogens is 270 g/mol. The van der Waals surface area contributed by atoms with E-state index in [1.807, 2.05) is 11.8 Å². The highest BCUT2D eigenvalue weighted by molar-refractivity contribution is 5.85. The van der Waals surface area contributed by atoms with Crippen molar-refractivity contribution < 1.29 is 9.32 Å². The number of piperazine rings is 1. The lowest BCUT2D eigenvalue weighted by atomic mass is 10.0. The van der Waals surface area contributed by atoms with Crippen LogP contribution in [0, 0.1) is 0 Å².